The summed E-state index contributed by atoms with van der Waals surface area (Å²) in [6, 6.07) is 3.89. The van der Waals surface area contributed by atoms with Gasteiger partial charge in [-0.2, -0.15) is 0 Å². The monoisotopic (exact) mass is 300 g/mol. The maximum atomic E-state index is 12.5. The van der Waals surface area contributed by atoms with E-state index in [-0.39, 0.29) is 17.6 Å². The highest BCUT2D eigenvalue weighted by molar-refractivity contribution is 7.92. The molecule has 1 unspecified atom stereocenters. The predicted molar refractivity (Wildman–Crippen MR) is 80.8 cm³/mol. The van der Waals surface area contributed by atoms with Crippen molar-refractivity contribution < 1.29 is 8.42 Å². The number of benzene rings is 1. The molecule has 1 aliphatic heterocycles. The van der Waals surface area contributed by atoms with Gasteiger partial charge in [0.1, 0.15) is 0 Å². The molecule has 2 rings (SSSR count). The Balaban J connectivity index is 2.89. The Morgan fingerprint density at radius 1 is 1.32 bits per heavy atom. The molecule has 0 N–H and O–H groups in total. The average Bonchev–Trinajstić information content (AvgIpc) is 2.25. The second kappa shape index (κ2) is 4.49. The third-order valence-electron chi connectivity index (χ3n) is 4.18. The van der Waals surface area contributed by atoms with E-state index in [0.717, 1.165) is 16.7 Å². The lowest BCUT2D eigenvalue weighted by Gasteiger charge is -2.38. The molecule has 1 aromatic rings. The van der Waals surface area contributed by atoms with Gasteiger partial charge in [-0.1, -0.05) is 38.4 Å². The molecule has 1 aliphatic rings. The molecule has 0 spiro atoms. The smallest absolute Gasteiger partial charge is 0.160 e. The van der Waals surface area contributed by atoms with Crippen molar-refractivity contribution in [2.24, 2.45) is 0 Å². The van der Waals surface area contributed by atoms with E-state index in [1.54, 1.807) is 13.8 Å². The van der Waals surface area contributed by atoms with Crippen LogP contribution < -0.4 is 0 Å². The van der Waals surface area contributed by atoms with Crippen LogP contribution >= 0.6 is 11.6 Å². The first-order valence-electron chi connectivity index (χ1n) is 6.64. The van der Waals surface area contributed by atoms with E-state index < -0.39 is 14.6 Å². The number of fused-ring (bicyclic) bond motifs is 1. The first-order chi connectivity index (χ1) is 8.59. The molecule has 0 saturated carbocycles. The van der Waals surface area contributed by atoms with Crippen molar-refractivity contribution in [1.82, 2.24) is 0 Å². The Morgan fingerprint density at radius 2 is 1.89 bits per heavy atom. The van der Waals surface area contributed by atoms with Gasteiger partial charge in [-0.15, -0.1) is 0 Å². The molecule has 1 atom stereocenters. The van der Waals surface area contributed by atoms with Gasteiger partial charge in [0.25, 0.3) is 0 Å². The van der Waals surface area contributed by atoms with E-state index >= 15 is 0 Å². The van der Waals surface area contributed by atoms with Crippen LogP contribution in [0.1, 0.15) is 63.1 Å². The van der Waals surface area contributed by atoms with Crippen LogP contribution in [0.5, 0.6) is 0 Å². The average molecular weight is 301 g/mol. The topological polar surface area (TPSA) is 34.1 Å². The quantitative estimate of drug-likeness (QED) is 0.778. The fourth-order valence-corrected chi connectivity index (χ4v) is 5.21. The third kappa shape index (κ3) is 2.11. The third-order valence-corrected chi connectivity index (χ3v) is 7.21. The number of hydrogen-bond acceptors (Lipinski definition) is 2. The molecule has 0 radical (unpaired) electrons. The van der Waals surface area contributed by atoms with Gasteiger partial charge in [0, 0.05) is 5.02 Å². The molecule has 1 aromatic carbocycles. The molecule has 0 saturated heterocycles. The van der Waals surface area contributed by atoms with Gasteiger partial charge in [0.2, 0.25) is 0 Å². The van der Waals surface area contributed by atoms with E-state index in [9.17, 15) is 8.42 Å². The Morgan fingerprint density at radius 3 is 2.42 bits per heavy atom. The van der Waals surface area contributed by atoms with Gasteiger partial charge in [-0.25, -0.2) is 8.42 Å². The summed E-state index contributed by atoms with van der Waals surface area (Å²) in [6.45, 7) is 9.70. The maximum absolute atomic E-state index is 12.5. The largest absolute Gasteiger partial charge is 0.228 e. The van der Waals surface area contributed by atoms with E-state index in [1.165, 1.54) is 0 Å². The summed E-state index contributed by atoms with van der Waals surface area (Å²) in [6.07, 6.45) is 0. The van der Waals surface area contributed by atoms with Crippen LogP contribution in [0.4, 0.5) is 0 Å². The van der Waals surface area contributed by atoms with Gasteiger partial charge in [0.15, 0.2) is 9.84 Å². The molecule has 2 nitrogen and oxygen atoms in total. The van der Waals surface area contributed by atoms with Crippen LogP contribution in [-0.2, 0) is 14.6 Å². The first-order valence-corrected chi connectivity index (χ1v) is 8.67. The second-order valence-electron chi connectivity index (χ2n) is 6.27. The highest BCUT2D eigenvalue weighted by atomic mass is 35.5. The summed E-state index contributed by atoms with van der Waals surface area (Å²) in [5.41, 5.74) is 3.04. The molecular formula is C15H21ClO2S. The fraction of sp³-hybridized carbons (Fsp3) is 0.600. The predicted octanol–water partition coefficient (Wildman–Crippen LogP) is 4.23. The van der Waals surface area contributed by atoms with E-state index in [2.05, 4.69) is 13.8 Å². The van der Waals surface area contributed by atoms with Crippen LogP contribution in [0.2, 0.25) is 5.02 Å². The highest BCUT2D eigenvalue weighted by Crippen LogP contribution is 2.47. The Bertz CT molecular complexity index is 615. The fourth-order valence-electron chi connectivity index (χ4n) is 3.04. The van der Waals surface area contributed by atoms with Gasteiger partial charge in [-0.05, 0) is 48.4 Å². The van der Waals surface area contributed by atoms with Crippen molar-refractivity contribution in [2.75, 3.05) is 5.75 Å². The van der Waals surface area contributed by atoms with Crippen molar-refractivity contribution in [1.29, 1.82) is 0 Å². The minimum atomic E-state index is -3.16. The lowest BCUT2D eigenvalue weighted by atomic mass is 9.82. The minimum absolute atomic E-state index is 0.0304. The van der Waals surface area contributed by atoms with Crippen molar-refractivity contribution >= 4 is 21.4 Å². The van der Waals surface area contributed by atoms with Crippen LogP contribution in [0.3, 0.4) is 0 Å². The highest BCUT2D eigenvalue weighted by Gasteiger charge is 2.45. The summed E-state index contributed by atoms with van der Waals surface area (Å²) in [7, 11) is -3.16. The summed E-state index contributed by atoms with van der Waals surface area (Å²) < 4.78 is 24.2. The maximum Gasteiger partial charge on any atom is 0.160 e. The molecule has 4 heteroatoms. The summed E-state index contributed by atoms with van der Waals surface area (Å²) in [5, 5.41) is 0.672. The van der Waals surface area contributed by atoms with Crippen LogP contribution in [0, 0.1) is 0 Å². The lowest BCUT2D eigenvalue weighted by Crippen LogP contribution is -2.39. The molecule has 0 fully saturated rings. The lowest BCUT2D eigenvalue weighted by molar-refractivity contribution is 0.532. The molecule has 0 aromatic heterocycles. The zero-order valence-electron chi connectivity index (χ0n) is 12.1. The van der Waals surface area contributed by atoms with E-state index in [0.29, 0.717) is 5.02 Å². The summed E-state index contributed by atoms with van der Waals surface area (Å²) >= 11 is 6.33. The van der Waals surface area contributed by atoms with Crippen molar-refractivity contribution in [2.45, 2.75) is 51.2 Å². The Kier molecular flexibility index (Phi) is 3.51. The van der Waals surface area contributed by atoms with Gasteiger partial charge in [-0.3, -0.25) is 0 Å². The molecule has 0 amide bonds. The Hall–Kier alpha value is -0.540. The van der Waals surface area contributed by atoms with Crippen molar-refractivity contribution in [3.8, 4) is 0 Å². The zero-order valence-corrected chi connectivity index (χ0v) is 13.7. The molecule has 0 bridgehead atoms. The Labute approximate surface area is 121 Å². The van der Waals surface area contributed by atoms with Crippen LogP contribution in [0.15, 0.2) is 12.1 Å². The van der Waals surface area contributed by atoms with E-state index in [4.69, 9.17) is 11.6 Å². The minimum Gasteiger partial charge on any atom is -0.228 e. The SMILES string of the molecule is CC(C)c1c(Cl)ccc2c1C(C)(C)S(=O)(=O)CC2C. The summed E-state index contributed by atoms with van der Waals surface area (Å²) in [5.74, 6) is 0.455. The van der Waals surface area contributed by atoms with Gasteiger partial charge >= 0.3 is 0 Å². The van der Waals surface area contributed by atoms with Crippen molar-refractivity contribution in [3.05, 3.63) is 33.8 Å². The van der Waals surface area contributed by atoms with Crippen LogP contribution in [-0.4, -0.2) is 14.2 Å². The van der Waals surface area contributed by atoms with Gasteiger partial charge in [0.05, 0.1) is 10.5 Å². The van der Waals surface area contributed by atoms with Crippen LogP contribution in [0.25, 0.3) is 0 Å². The normalized spacial score (nSPS) is 24.3. The zero-order chi connectivity index (χ0) is 14.6. The summed E-state index contributed by atoms with van der Waals surface area (Å²) in [4.78, 5) is 0. The molecule has 106 valence electrons. The van der Waals surface area contributed by atoms with Gasteiger partial charge < -0.3 is 0 Å². The number of rotatable bonds is 1. The standard InChI is InChI=1S/C15H21ClO2S/c1-9(2)13-12(16)7-6-11-10(3)8-19(17,18)15(4,5)14(11)13/h6-7,9-10H,8H2,1-5H3. The molecular weight excluding hydrogens is 280 g/mol. The molecule has 1 heterocycles. The number of hydrogen-bond donors (Lipinski definition) is 0. The first kappa shape index (κ1) is 14.9. The number of halogens is 1. The second-order valence-corrected chi connectivity index (χ2v) is 9.26. The molecule has 0 aliphatic carbocycles. The number of sulfone groups is 1. The molecule has 19 heavy (non-hydrogen) atoms. The van der Waals surface area contributed by atoms with E-state index in [1.807, 2.05) is 19.1 Å². The van der Waals surface area contributed by atoms with Crippen molar-refractivity contribution in [3.63, 3.8) is 0 Å².